The van der Waals surface area contributed by atoms with Crippen LogP contribution in [0.25, 0.3) is 11.0 Å². The van der Waals surface area contributed by atoms with E-state index in [1.165, 1.54) is 14.0 Å². The van der Waals surface area contributed by atoms with Gasteiger partial charge in [0.25, 0.3) is 11.5 Å². The Morgan fingerprint density at radius 1 is 1.12 bits per heavy atom. The van der Waals surface area contributed by atoms with E-state index in [0.29, 0.717) is 29.2 Å². The van der Waals surface area contributed by atoms with Crippen LogP contribution in [0, 0.1) is 0 Å². The monoisotopic (exact) mass is 451 g/mol. The van der Waals surface area contributed by atoms with Gasteiger partial charge in [0.15, 0.2) is 6.10 Å². The van der Waals surface area contributed by atoms with Crippen LogP contribution in [0.2, 0.25) is 0 Å². The van der Waals surface area contributed by atoms with Gasteiger partial charge in [-0.1, -0.05) is 37.6 Å². The number of esters is 1. The zero-order chi connectivity index (χ0) is 23.8. The summed E-state index contributed by atoms with van der Waals surface area (Å²) in [7, 11) is 1.51. The van der Waals surface area contributed by atoms with Crippen LogP contribution in [0.3, 0.4) is 0 Å². The average molecular weight is 452 g/mol. The number of rotatable bonds is 10. The lowest BCUT2D eigenvalue weighted by molar-refractivity contribution is -0.153. The molecule has 1 N–H and O–H groups in total. The second-order valence-electron chi connectivity index (χ2n) is 7.68. The van der Waals surface area contributed by atoms with Crippen molar-refractivity contribution in [3.63, 3.8) is 0 Å². The Kier molecular flexibility index (Phi) is 8.18. The van der Waals surface area contributed by atoms with Gasteiger partial charge in [-0.15, -0.1) is 0 Å². The normalized spacial score (nSPS) is 11.7. The van der Waals surface area contributed by atoms with Crippen molar-refractivity contribution < 1.29 is 19.1 Å². The van der Waals surface area contributed by atoms with Crippen molar-refractivity contribution >= 4 is 28.6 Å². The first-order valence-corrected chi connectivity index (χ1v) is 11.1. The summed E-state index contributed by atoms with van der Waals surface area (Å²) >= 11 is 0. The van der Waals surface area contributed by atoms with Crippen molar-refractivity contribution in [2.75, 3.05) is 12.4 Å². The van der Waals surface area contributed by atoms with Crippen molar-refractivity contribution in [1.29, 1.82) is 0 Å². The molecule has 2 aromatic carbocycles. The number of aryl methyl sites for hydroxylation is 2. The maximum Gasteiger partial charge on any atom is 0.306 e. The summed E-state index contributed by atoms with van der Waals surface area (Å²) in [5.41, 5.74) is 2.09. The fourth-order valence-electron chi connectivity index (χ4n) is 3.46. The lowest BCUT2D eigenvalue weighted by atomic mass is 10.2. The van der Waals surface area contributed by atoms with Crippen LogP contribution in [0.1, 0.15) is 38.8 Å². The summed E-state index contributed by atoms with van der Waals surface area (Å²) in [6, 6.07) is 14.4. The molecule has 1 unspecified atom stereocenters. The Labute approximate surface area is 192 Å². The molecule has 0 radical (unpaired) electrons. The smallest absolute Gasteiger partial charge is 0.306 e. The lowest BCUT2D eigenvalue weighted by Crippen LogP contribution is -2.31. The maximum atomic E-state index is 13.0. The Morgan fingerprint density at radius 3 is 2.61 bits per heavy atom. The van der Waals surface area contributed by atoms with E-state index in [-0.39, 0.29) is 18.4 Å². The van der Waals surface area contributed by atoms with E-state index in [2.05, 4.69) is 17.2 Å². The number of carbonyl (C=O) groups excluding carboxylic acids is 2. The van der Waals surface area contributed by atoms with Gasteiger partial charge in [0.1, 0.15) is 11.4 Å². The highest BCUT2D eigenvalue weighted by atomic mass is 16.5. The van der Waals surface area contributed by atoms with Gasteiger partial charge in [-0.3, -0.25) is 14.4 Å². The largest absolute Gasteiger partial charge is 0.495 e. The van der Waals surface area contributed by atoms with Gasteiger partial charge in [-0.05, 0) is 37.6 Å². The predicted octanol–water partition coefficient (Wildman–Crippen LogP) is 3.71. The van der Waals surface area contributed by atoms with Gasteiger partial charge in [0, 0.05) is 13.0 Å². The van der Waals surface area contributed by atoms with E-state index in [9.17, 15) is 14.4 Å². The van der Waals surface area contributed by atoms with Crippen LogP contribution < -0.4 is 15.6 Å². The van der Waals surface area contributed by atoms with Crippen LogP contribution in [0.4, 0.5) is 5.69 Å². The van der Waals surface area contributed by atoms with Crippen molar-refractivity contribution in [3.05, 3.63) is 64.6 Å². The Hall–Kier alpha value is -3.68. The topological polar surface area (TPSA) is 99.5 Å². The van der Waals surface area contributed by atoms with Gasteiger partial charge in [-0.25, -0.2) is 4.98 Å². The molecule has 0 saturated heterocycles. The summed E-state index contributed by atoms with van der Waals surface area (Å²) < 4.78 is 12.2. The highest BCUT2D eigenvalue weighted by Crippen LogP contribution is 2.23. The molecule has 0 aliphatic heterocycles. The number of nitrogens with zero attached hydrogens (tertiary/aromatic N) is 2. The number of carbonyl (C=O) groups is 2. The molecule has 174 valence electrons. The number of benzene rings is 2. The number of fused-ring (bicyclic) bond motifs is 1. The molecule has 0 aliphatic carbocycles. The highest BCUT2D eigenvalue weighted by molar-refractivity contribution is 5.96. The minimum atomic E-state index is -1.01. The van der Waals surface area contributed by atoms with E-state index in [1.54, 1.807) is 28.8 Å². The first-order chi connectivity index (χ1) is 15.9. The number of hydrogen-bond donors (Lipinski definition) is 1. The molecule has 0 aliphatic rings. The van der Waals surface area contributed by atoms with Crippen LogP contribution in [0.5, 0.6) is 5.75 Å². The fourth-order valence-corrected chi connectivity index (χ4v) is 3.46. The van der Waals surface area contributed by atoms with E-state index >= 15 is 0 Å². The molecule has 3 rings (SSSR count). The first-order valence-electron chi connectivity index (χ1n) is 11.1. The third-order valence-electron chi connectivity index (χ3n) is 5.26. The average Bonchev–Trinajstić information content (AvgIpc) is 2.82. The summed E-state index contributed by atoms with van der Waals surface area (Å²) in [6.45, 7) is 4.15. The highest BCUT2D eigenvalue weighted by Gasteiger charge is 2.20. The summed E-state index contributed by atoms with van der Waals surface area (Å²) in [4.78, 5) is 42.2. The predicted molar refractivity (Wildman–Crippen MR) is 126 cm³/mol. The molecule has 8 nitrogen and oxygen atoms in total. The van der Waals surface area contributed by atoms with Crippen LogP contribution in [-0.4, -0.2) is 34.6 Å². The second kappa shape index (κ2) is 11.3. The molecule has 0 fully saturated rings. The van der Waals surface area contributed by atoms with E-state index in [1.807, 2.05) is 24.3 Å². The van der Waals surface area contributed by atoms with Gasteiger partial charge >= 0.3 is 5.97 Å². The molecule has 3 aromatic rings. The summed E-state index contributed by atoms with van der Waals surface area (Å²) in [6.07, 6.45) is 0.900. The van der Waals surface area contributed by atoms with Crippen molar-refractivity contribution in [3.8, 4) is 5.75 Å². The van der Waals surface area contributed by atoms with Gasteiger partial charge in [0.05, 0.1) is 30.3 Å². The number of anilines is 1. The lowest BCUT2D eigenvalue weighted by Gasteiger charge is -2.15. The minimum Gasteiger partial charge on any atom is -0.495 e. The number of amides is 1. The number of hydrogen-bond acceptors (Lipinski definition) is 6. The number of unbranched alkanes of at least 4 members (excludes halogenated alkanes) is 1. The molecule has 8 heteroatoms. The molecule has 1 aromatic heterocycles. The number of aromatic nitrogens is 2. The summed E-state index contributed by atoms with van der Waals surface area (Å²) in [5.74, 6) is -0.545. The van der Waals surface area contributed by atoms with Crippen molar-refractivity contribution in [1.82, 2.24) is 9.55 Å². The molecule has 0 saturated carbocycles. The first kappa shape index (κ1) is 24.0. The van der Waals surface area contributed by atoms with Gasteiger partial charge in [-0.2, -0.15) is 0 Å². The number of ether oxygens (including phenoxy) is 2. The van der Waals surface area contributed by atoms with Crippen molar-refractivity contribution in [2.24, 2.45) is 0 Å². The molecular formula is C25H29N3O5. The van der Waals surface area contributed by atoms with Crippen LogP contribution >= 0.6 is 0 Å². The van der Waals surface area contributed by atoms with E-state index in [4.69, 9.17) is 9.47 Å². The molecule has 1 atom stereocenters. The van der Waals surface area contributed by atoms with Crippen LogP contribution in [-0.2, 0) is 27.3 Å². The third kappa shape index (κ3) is 5.97. The number of nitrogens with one attached hydrogen (secondary N) is 1. The standard InChI is InChI=1S/C25H29N3O5/c1-4-5-16-28-21-12-8-6-10-18(21)26-20(25(28)31)14-15-23(29)33-17(2)24(30)27-19-11-7-9-13-22(19)32-3/h6-13,17H,4-5,14-16H2,1-3H3,(H,27,30). The molecule has 0 spiro atoms. The SMILES string of the molecule is CCCCn1c(=O)c(CCC(=O)OC(C)C(=O)Nc2ccccc2OC)nc2ccccc21. The molecule has 0 bridgehead atoms. The second-order valence-corrected chi connectivity index (χ2v) is 7.68. The van der Waals surface area contributed by atoms with Crippen molar-refractivity contribution in [2.45, 2.75) is 52.2 Å². The maximum absolute atomic E-state index is 13.0. The minimum absolute atomic E-state index is 0.0549. The quantitative estimate of drug-likeness (QED) is 0.472. The van der Waals surface area contributed by atoms with Gasteiger partial charge in [0.2, 0.25) is 0 Å². The number of para-hydroxylation sites is 4. The fraction of sp³-hybridized carbons (Fsp3) is 0.360. The summed E-state index contributed by atoms with van der Waals surface area (Å²) in [5, 5.41) is 2.69. The molecule has 1 amide bonds. The Balaban J connectivity index is 1.65. The Bertz CT molecular complexity index is 1190. The zero-order valence-electron chi connectivity index (χ0n) is 19.2. The number of methoxy groups -OCH3 is 1. The molecule has 33 heavy (non-hydrogen) atoms. The van der Waals surface area contributed by atoms with E-state index < -0.39 is 18.0 Å². The molecular weight excluding hydrogens is 422 g/mol. The third-order valence-corrected chi connectivity index (χ3v) is 5.26. The Morgan fingerprint density at radius 2 is 1.85 bits per heavy atom. The zero-order valence-corrected chi connectivity index (χ0v) is 19.2. The van der Waals surface area contributed by atoms with Gasteiger partial charge < -0.3 is 19.4 Å². The van der Waals surface area contributed by atoms with E-state index in [0.717, 1.165) is 18.4 Å². The van der Waals surface area contributed by atoms with Crippen LogP contribution in [0.15, 0.2) is 53.3 Å². The molecule has 1 heterocycles.